The number of unbranched alkanes of at least 4 members (excludes halogenated alkanes) is 13. The van der Waals surface area contributed by atoms with Crippen LogP contribution in [0.3, 0.4) is 0 Å². The third-order valence-electron chi connectivity index (χ3n) is 5.68. The van der Waals surface area contributed by atoms with E-state index in [0.29, 0.717) is 6.17 Å². The molecule has 1 unspecified atom stereocenters. The maximum Gasteiger partial charge on any atom is 0.100 e. The third-order valence-corrected chi connectivity index (χ3v) is 5.68. The Kier molecular flexibility index (Phi) is 14.0. The highest BCUT2D eigenvalue weighted by atomic mass is 15.4. The van der Waals surface area contributed by atoms with Gasteiger partial charge in [-0.1, -0.05) is 97.3 Å². The summed E-state index contributed by atoms with van der Waals surface area (Å²) in [5.74, 6) is 0. The number of hydrogen-bond acceptors (Lipinski definition) is 2. The number of hydrogen-bond donors (Lipinski definition) is 0. The topological polar surface area (TPSA) is 6.48 Å². The molecule has 0 saturated carbocycles. The van der Waals surface area contributed by atoms with Gasteiger partial charge in [0.25, 0.3) is 0 Å². The van der Waals surface area contributed by atoms with E-state index in [0.717, 1.165) is 0 Å². The van der Waals surface area contributed by atoms with Crippen molar-refractivity contribution in [1.29, 1.82) is 0 Å². The number of nitrogens with zero attached hydrogens (tertiary/aromatic N) is 2. The first kappa shape index (κ1) is 22.4. The van der Waals surface area contributed by atoms with Crippen LogP contribution in [0.5, 0.6) is 0 Å². The van der Waals surface area contributed by atoms with Crippen molar-refractivity contribution in [3.05, 3.63) is 12.4 Å². The van der Waals surface area contributed by atoms with Crippen molar-refractivity contribution in [3.63, 3.8) is 0 Å². The van der Waals surface area contributed by atoms with Crippen LogP contribution in [0.4, 0.5) is 0 Å². The van der Waals surface area contributed by atoms with Crippen LogP contribution >= 0.6 is 0 Å². The average Bonchev–Trinajstić information content (AvgIpc) is 2.96. The molecular formula is C23H46N2. The van der Waals surface area contributed by atoms with Crippen molar-refractivity contribution >= 4 is 0 Å². The Morgan fingerprint density at radius 1 is 0.600 bits per heavy atom. The van der Waals surface area contributed by atoms with E-state index in [1.54, 1.807) is 0 Å². The fourth-order valence-corrected chi connectivity index (χ4v) is 3.93. The van der Waals surface area contributed by atoms with Gasteiger partial charge >= 0.3 is 0 Å². The molecule has 1 atom stereocenters. The first-order valence-corrected chi connectivity index (χ1v) is 11.5. The van der Waals surface area contributed by atoms with E-state index in [2.05, 4.69) is 43.1 Å². The van der Waals surface area contributed by atoms with Crippen LogP contribution in [0.25, 0.3) is 0 Å². The minimum atomic E-state index is 0.625. The van der Waals surface area contributed by atoms with Gasteiger partial charge in [-0.15, -0.1) is 0 Å². The van der Waals surface area contributed by atoms with Gasteiger partial charge in [-0.25, -0.2) is 0 Å². The van der Waals surface area contributed by atoms with E-state index in [1.165, 1.54) is 109 Å². The lowest BCUT2D eigenvalue weighted by Crippen LogP contribution is -2.37. The van der Waals surface area contributed by atoms with E-state index in [4.69, 9.17) is 0 Å². The smallest absolute Gasteiger partial charge is 0.100 e. The van der Waals surface area contributed by atoms with Crippen LogP contribution < -0.4 is 0 Å². The molecule has 1 heterocycles. The predicted octanol–water partition coefficient (Wildman–Crippen LogP) is 7.31. The molecule has 0 aliphatic carbocycles. The molecule has 0 saturated heterocycles. The molecule has 1 rings (SSSR count). The predicted molar refractivity (Wildman–Crippen MR) is 113 cm³/mol. The third kappa shape index (κ3) is 10.8. The largest absolute Gasteiger partial charge is 0.359 e. The van der Waals surface area contributed by atoms with Crippen molar-refractivity contribution in [2.45, 2.75) is 123 Å². The first-order valence-electron chi connectivity index (χ1n) is 11.5. The maximum absolute atomic E-state index is 2.58. The Morgan fingerprint density at radius 3 is 1.64 bits per heavy atom. The molecule has 0 bridgehead atoms. The number of rotatable bonds is 17. The molecule has 0 fully saturated rings. The lowest BCUT2D eigenvalue weighted by molar-refractivity contribution is 0.159. The molecule has 0 amide bonds. The zero-order valence-electron chi connectivity index (χ0n) is 17.6. The summed E-state index contributed by atoms with van der Waals surface area (Å²) in [5, 5.41) is 0. The monoisotopic (exact) mass is 350 g/mol. The van der Waals surface area contributed by atoms with Crippen LogP contribution in [-0.4, -0.2) is 29.6 Å². The van der Waals surface area contributed by atoms with Gasteiger partial charge < -0.3 is 9.80 Å². The zero-order valence-corrected chi connectivity index (χ0v) is 17.6. The Morgan fingerprint density at radius 2 is 1.08 bits per heavy atom. The standard InChI is InChI=1S/C23H46N2/c1-4-6-8-10-11-12-13-14-15-16-18-20-25-22-21-24(3)23(25)19-17-9-7-5-2/h21-23H,4-20H2,1-3H3. The van der Waals surface area contributed by atoms with Gasteiger partial charge in [0.15, 0.2) is 0 Å². The van der Waals surface area contributed by atoms with Crippen molar-refractivity contribution in [2.75, 3.05) is 13.6 Å². The highest BCUT2D eigenvalue weighted by Crippen LogP contribution is 2.21. The van der Waals surface area contributed by atoms with Crippen LogP contribution in [0.1, 0.15) is 117 Å². The lowest BCUT2D eigenvalue weighted by atomic mass is 10.1. The second-order valence-corrected chi connectivity index (χ2v) is 8.07. The molecule has 2 nitrogen and oxygen atoms in total. The first-order chi connectivity index (χ1) is 12.3. The van der Waals surface area contributed by atoms with Crippen molar-refractivity contribution < 1.29 is 0 Å². The fourth-order valence-electron chi connectivity index (χ4n) is 3.93. The van der Waals surface area contributed by atoms with Crippen molar-refractivity contribution in [1.82, 2.24) is 9.80 Å². The molecule has 0 spiro atoms. The summed E-state index contributed by atoms with van der Waals surface area (Å²) in [6, 6.07) is 0. The summed E-state index contributed by atoms with van der Waals surface area (Å²) >= 11 is 0. The van der Waals surface area contributed by atoms with Gasteiger partial charge in [-0.3, -0.25) is 0 Å². The molecule has 148 valence electrons. The molecular weight excluding hydrogens is 304 g/mol. The highest BCUT2D eigenvalue weighted by molar-refractivity contribution is 4.95. The van der Waals surface area contributed by atoms with E-state index >= 15 is 0 Å². The molecule has 0 aromatic carbocycles. The SMILES string of the molecule is CCCCCCCCCCCCCN1C=CN(C)C1CCCCCC. The summed E-state index contributed by atoms with van der Waals surface area (Å²) in [5.41, 5.74) is 0. The summed E-state index contributed by atoms with van der Waals surface area (Å²) in [6.07, 6.45) is 27.8. The van der Waals surface area contributed by atoms with Crippen LogP contribution in [-0.2, 0) is 0 Å². The second kappa shape index (κ2) is 15.6. The molecule has 0 N–H and O–H groups in total. The van der Waals surface area contributed by atoms with Crippen molar-refractivity contribution in [2.24, 2.45) is 0 Å². The van der Waals surface area contributed by atoms with Crippen LogP contribution in [0.2, 0.25) is 0 Å². The summed E-state index contributed by atoms with van der Waals surface area (Å²) in [7, 11) is 2.24. The summed E-state index contributed by atoms with van der Waals surface area (Å²) in [4.78, 5) is 4.99. The quantitative estimate of drug-likeness (QED) is 0.254. The van der Waals surface area contributed by atoms with Crippen molar-refractivity contribution in [3.8, 4) is 0 Å². The Labute approximate surface area is 159 Å². The second-order valence-electron chi connectivity index (χ2n) is 8.07. The molecule has 0 aromatic heterocycles. The van der Waals surface area contributed by atoms with Crippen LogP contribution in [0, 0.1) is 0 Å². The van der Waals surface area contributed by atoms with Gasteiger partial charge in [-0.05, 0) is 19.3 Å². The van der Waals surface area contributed by atoms with Gasteiger partial charge in [0, 0.05) is 26.0 Å². The molecule has 1 aliphatic heterocycles. The normalized spacial score (nSPS) is 17.0. The summed E-state index contributed by atoms with van der Waals surface area (Å²) < 4.78 is 0. The molecule has 2 heteroatoms. The molecule has 0 radical (unpaired) electrons. The Balaban J connectivity index is 1.96. The van der Waals surface area contributed by atoms with Crippen LogP contribution in [0.15, 0.2) is 12.4 Å². The minimum Gasteiger partial charge on any atom is -0.359 e. The maximum atomic E-state index is 2.58. The van der Waals surface area contributed by atoms with Gasteiger partial charge in [0.1, 0.15) is 6.17 Å². The fraction of sp³-hybridized carbons (Fsp3) is 0.913. The lowest BCUT2D eigenvalue weighted by Gasteiger charge is -2.30. The van der Waals surface area contributed by atoms with Gasteiger partial charge in [0.2, 0.25) is 0 Å². The molecule has 1 aliphatic rings. The Bertz CT molecular complexity index is 313. The summed E-state index contributed by atoms with van der Waals surface area (Å²) in [6.45, 7) is 5.84. The van der Waals surface area contributed by atoms with E-state index in [9.17, 15) is 0 Å². The van der Waals surface area contributed by atoms with E-state index < -0.39 is 0 Å². The van der Waals surface area contributed by atoms with E-state index in [-0.39, 0.29) is 0 Å². The highest BCUT2D eigenvalue weighted by Gasteiger charge is 2.22. The zero-order chi connectivity index (χ0) is 18.2. The molecule has 25 heavy (non-hydrogen) atoms. The van der Waals surface area contributed by atoms with Gasteiger partial charge in [-0.2, -0.15) is 0 Å². The van der Waals surface area contributed by atoms with Gasteiger partial charge in [0.05, 0.1) is 0 Å². The van der Waals surface area contributed by atoms with E-state index in [1.807, 2.05) is 0 Å². The Hall–Kier alpha value is -0.660. The average molecular weight is 351 g/mol. The minimum absolute atomic E-state index is 0.625. The molecule has 0 aromatic rings.